The second kappa shape index (κ2) is 6.98. The summed E-state index contributed by atoms with van der Waals surface area (Å²) in [4.78, 5) is 8.49. The van der Waals surface area contributed by atoms with Crippen molar-refractivity contribution < 1.29 is 4.74 Å². The van der Waals surface area contributed by atoms with Crippen molar-refractivity contribution in [1.29, 1.82) is 0 Å². The van der Waals surface area contributed by atoms with Crippen LogP contribution in [0.1, 0.15) is 5.56 Å². The van der Waals surface area contributed by atoms with Crippen LogP contribution in [-0.2, 0) is 0 Å². The molecule has 0 aliphatic heterocycles. The minimum atomic E-state index is 0.241. The largest absolute Gasteiger partial charge is 0.481 e. The summed E-state index contributed by atoms with van der Waals surface area (Å²) in [6.45, 7) is 1.94. The number of nitrogens with zero attached hydrogens (tertiary/aromatic N) is 2. The Morgan fingerprint density at radius 3 is 2.33 bits per heavy atom. The number of aryl methyl sites for hydroxylation is 1. The first-order valence-electron chi connectivity index (χ1n) is 7.14. The molecule has 0 aliphatic rings. The highest BCUT2D eigenvalue weighted by molar-refractivity contribution is 6.43. The molecule has 3 rings (SSSR count). The Hall–Kier alpha value is -1.81. The van der Waals surface area contributed by atoms with E-state index in [2.05, 4.69) is 9.97 Å². The number of pyridine rings is 2. The predicted molar refractivity (Wildman–Crippen MR) is 99.2 cm³/mol. The van der Waals surface area contributed by atoms with Gasteiger partial charge < -0.3 is 4.74 Å². The molecule has 0 unspecified atom stereocenters. The van der Waals surface area contributed by atoms with Crippen molar-refractivity contribution in [3.8, 4) is 28.3 Å². The van der Waals surface area contributed by atoms with E-state index in [4.69, 9.17) is 39.5 Å². The SMILES string of the molecule is COc1nc(-c2cccc(-c3ccnc(Cl)c3Cl)c2Cl)ccc1C. The maximum absolute atomic E-state index is 6.63. The molecule has 0 saturated carbocycles. The summed E-state index contributed by atoms with van der Waals surface area (Å²) in [6, 6.07) is 11.3. The number of benzene rings is 1. The summed E-state index contributed by atoms with van der Waals surface area (Å²) >= 11 is 18.9. The molecular formula is C18H13Cl3N2O. The molecular weight excluding hydrogens is 367 g/mol. The second-order valence-corrected chi connectivity index (χ2v) is 6.27. The molecule has 6 heteroatoms. The van der Waals surface area contributed by atoms with Gasteiger partial charge in [0.15, 0.2) is 0 Å². The number of hydrogen-bond donors (Lipinski definition) is 0. The zero-order valence-electron chi connectivity index (χ0n) is 13.0. The summed E-state index contributed by atoms with van der Waals surface area (Å²) in [5.74, 6) is 0.568. The number of halogens is 3. The molecule has 0 amide bonds. The molecule has 1 aromatic carbocycles. The fourth-order valence-corrected chi connectivity index (χ4v) is 3.13. The van der Waals surface area contributed by atoms with Gasteiger partial charge in [-0.3, -0.25) is 0 Å². The average Bonchev–Trinajstić information content (AvgIpc) is 2.58. The molecule has 0 atom stereocenters. The average molecular weight is 380 g/mol. The lowest BCUT2D eigenvalue weighted by molar-refractivity contribution is 0.395. The number of hydrogen-bond acceptors (Lipinski definition) is 3. The lowest BCUT2D eigenvalue weighted by Crippen LogP contribution is -1.94. The zero-order chi connectivity index (χ0) is 17.3. The van der Waals surface area contributed by atoms with Crippen LogP contribution >= 0.6 is 34.8 Å². The van der Waals surface area contributed by atoms with Crippen molar-refractivity contribution in [2.24, 2.45) is 0 Å². The lowest BCUT2D eigenvalue weighted by atomic mass is 10.0. The Morgan fingerprint density at radius 1 is 0.875 bits per heavy atom. The molecule has 0 bridgehead atoms. The highest BCUT2D eigenvalue weighted by Gasteiger charge is 2.15. The minimum Gasteiger partial charge on any atom is -0.481 e. The first kappa shape index (κ1) is 17.0. The molecule has 0 fully saturated rings. The number of ether oxygens (including phenoxy) is 1. The van der Waals surface area contributed by atoms with Crippen LogP contribution in [0.15, 0.2) is 42.6 Å². The van der Waals surface area contributed by atoms with E-state index in [9.17, 15) is 0 Å². The minimum absolute atomic E-state index is 0.241. The molecule has 2 heterocycles. The molecule has 0 saturated heterocycles. The van der Waals surface area contributed by atoms with Gasteiger partial charge in [0, 0.05) is 28.5 Å². The maximum atomic E-state index is 6.63. The van der Waals surface area contributed by atoms with Gasteiger partial charge in [0.2, 0.25) is 5.88 Å². The second-order valence-electron chi connectivity index (χ2n) is 5.15. The van der Waals surface area contributed by atoms with Crippen LogP contribution in [0.5, 0.6) is 5.88 Å². The van der Waals surface area contributed by atoms with Gasteiger partial charge in [0.25, 0.3) is 0 Å². The fourth-order valence-electron chi connectivity index (χ4n) is 2.43. The third-order valence-electron chi connectivity index (χ3n) is 3.66. The monoisotopic (exact) mass is 378 g/mol. The summed E-state index contributed by atoms with van der Waals surface area (Å²) in [7, 11) is 1.59. The van der Waals surface area contributed by atoms with Gasteiger partial charge in [0.05, 0.1) is 22.8 Å². The molecule has 0 N–H and O–H groups in total. The quantitative estimate of drug-likeness (QED) is 0.517. The first-order chi connectivity index (χ1) is 11.5. The van der Waals surface area contributed by atoms with Gasteiger partial charge in [-0.05, 0) is 19.1 Å². The van der Waals surface area contributed by atoms with E-state index in [1.165, 1.54) is 0 Å². The number of rotatable bonds is 3. The number of aromatic nitrogens is 2. The fraction of sp³-hybridized carbons (Fsp3) is 0.111. The van der Waals surface area contributed by atoms with E-state index in [0.29, 0.717) is 15.9 Å². The molecule has 3 aromatic rings. The van der Waals surface area contributed by atoms with Crippen molar-refractivity contribution in [2.75, 3.05) is 7.11 Å². The van der Waals surface area contributed by atoms with E-state index in [1.807, 2.05) is 37.3 Å². The van der Waals surface area contributed by atoms with Gasteiger partial charge >= 0.3 is 0 Å². The van der Waals surface area contributed by atoms with E-state index in [0.717, 1.165) is 27.9 Å². The Kier molecular flexibility index (Phi) is 4.95. The zero-order valence-corrected chi connectivity index (χ0v) is 15.2. The molecule has 3 nitrogen and oxygen atoms in total. The molecule has 0 spiro atoms. The highest BCUT2D eigenvalue weighted by Crippen LogP contribution is 2.40. The molecule has 2 aromatic heterocycles. The van der Waals surface area contributed by atoms with Gasteiger partial charge in [-0.25, -0.2) is 9.97 Å². The normalized spacial score (nSPS) is 10.7. The summed E-state index contributed by atoms with van der Waals surface area (Å²) in [5, 5.41) is 1.15. The summed E-state index contributed by atoms with van der Waals surface area (Å²) in [5.41, 5.74) is 3.96. The van der Waals surface area contributed by atoms with Crippen LogP contribution in [0, 0.1) is 6.92 Å². The van der Waals surface area contributed by atoms with Gasteiger partial charge in [-0.1, -0.05) is 59.1 Å². The lowest BCUT2D eigenvalue weighted by Gasteiger charge is -2.12. The van der Waals surface area contributed by atoms with Crippen molar-refractivity contribution in [3.63, 3.8) is 0 Å². The highest BCUT2D eigenvalue weighted by atomic mass is 35.5. The van der Waals surface area contributed by atoms with Crippen molar-refractivity contribution in [3.05, 3.63) is 63.4 Å². The van der Waals surface area contributed by atoms with Crippen molar-refractivity contribution >= 4 is 34.8 Å². The summed E-state index contributed by atoms with van der Waals surface area (Å²) < 4.78 is 5.30. The van der Waals surface area contributed by atoms with Crippen molar-refractivity contribution in [2.45, 2.75) is 6.92 Å². The van der Waals surface area contributed by atoms with E-state index < -0.39 is 0 Å². The smallest absolute Gasteiger partial charge is 0.216 e. The van der Waals surface area contributed by atoms with E-state index >= 15 is 0 Å². The Morgan fingerprint density at radius 2 is 1.58 bits per heavy atom. The van der Waals surface area contributed by atoms with Crippen LogP contribution < -0.4 is 4.74 Å². The maximum Gasteiger partial charge on any atom is 0.216 e. The predicted octanol–water partition coefficient (Wildman–Crippen LogP) is 6.09. The standard InChI is InChI=1S/C18H13Cl3N2O/c1-10-6-7-14(23-18(10)24-2)13-5-3-4-11(15(13)19)12-8-9-22-17(21)16(12)20/h3-9H,1-2H3. The summed E-state index contributed by atoms with van der Waals surface area (Å²) in [6.07, 6.45) is 1.60. The molecule has 0 radical (unpaired) electrons. The van der Waals surface area contributed by atoms with E-state index in [-0.39, 0.29) is 5.15 Å². The van der Waals surface area contributed by atoms with Crippen LogP contribution in [0.25, 0.3) is 22.4 Å². The Bertz CT molecular complexity index is 913. The first-order valence-corrected chi connectivity index (χ1v) is 8.27. The van der Waals surface area contributed by atoms with Gasteiger partial charge in [-0.15, -0.1) is 0 Å². The van der Waals surface area contributed by atoms with Crippen LogP contribution in [0.3, 0.4) is 0 Å². The van der Waals surface area contributed by atoms with Crippen LogP contribution in [0.4, 0.5) is 0 Å². The number of methoxy groups -OCH3 is 1. The Labute approximate surface area is 155 Å². The van der Waals surface area contributed by atoms with Crippen LogP contribution in [0.2, 0.25) is 15.2 Å². The Balaban J connectivity index is 2.17. The van der Waals surface area contributed by atoms with Gasteiger partial charge in [0.1, 0.15) is 5.15 Å². The third-order valence-corrected chi connectivity index (χ3v) is 4.83. The third kappa shape index (κ3) is 3.07. The van der Waals surface area contributed by atoms with Crippen molar-refractivity contribution in [1.82, 2.24) is 9.97 Å². The van der Waals surface area contributed by atoms with E-state index in [1.54, 1.807) is 19.4 Å². The molecule has 0 aliphatic carbocycles. The van der Waals surface area contributed by atoms with Gasteiger partial charge in [-0.2, -0.15) is 0 Å². The molecule has 24 heavy (non-hydrogen) atoms. The molecule has 122 valence electrons. The van der Waals surface area contributed by atoms with Crippen LogP contribution in [-0.4, -0.2) is 17.1 Å². The topological polar surface area (TPSA) is 35.0 Å².